The van der Waals surface area contributed by atoms with E-state index in [4.69, 9.17) is 4.74 Å². The lowest BCUT2D eigenvalue weighted by Crippen LogP contribution is -2.16. The van der Waals surface area contributed by atoms with Crippen molar-refractivity contribution in [2.75, 3.05) is 13.7 Å². The minimum atomic E-state index is -0.219. The molecule has 2 aromatic rings. The van der Waals surface area contributed by atoms with Crippen molar-refractivity contribution in [3.63, 3.8) is 0 Å². The molecule has 4 heteroatoms. The summed E-state index contributed by atoms with van der Waals surface area (Å²) in [4.78, 5) is 11.7. The zero-order valence-corrected chi connectivity index (χ0v) is 13.3. The molecule has 0 aliphatic carbocycles. The number of aromatic nitrogens is 1. The van der Waals surface area contributed by atoms with Gasteiger partial charge in [-0.3, -0.25) is 4.79 Å². The number of esters is 1. The Balaban J connectivity index is 2.47. The van der Waals surface area contributed by atoms with Crippen LogP contribution in [0.1, 0.15) is 30.2 Å². The van der Waals surface area contributed by atoms with E-state index in [-0.39, 0.29) is 12.5 Å². The van der Waals surface area contributed by atoms with Crippen LogP contribution in [0.5, 0.6) is 0 Å². The average molecular weight is 288 g/mol. The van der Waals surface area contributed by atoms with Crippen molar-refractivity contribution >= 4 is 16.9 Å². The number of ether oxygens (including phenoxy) is 1. The lowest BCUT2D eigenvalue weighted by molar-refractivity contribution is -0.141. The van der Waals surface area contributed by atoms with E-state index < -0.39 is 0 Å². The number of benzene rings is 1. The number of fused-ring (bicyclic) bond motifs is 1. The van der Waals surface area contributed by atoms with Crippen molar-refractivity contribution in [2.24, 2.45) is 0 Å². The van der Waals surface area contributed by atoms with Gasteiger partial charge in [0.1, 0.15) is 6.54 Å². The highest BCUT2D eigenvalue weighted by molar-refractivity contribution is 5.87. The van der Waals surface area contributed by atoms with Gasteiger partial charge in [0.15, 0.2) is 0 Å². The summed E-state index contributed by atoms with van der Waals surface area (Å²) in [6, 6.07) is 6.36. The molecule has 0 unspecified atom stereocenters. The zero-order valence-electron chi connectivity index (χ0n) is 13.3. The predicted molar refractivity (Wildman–Crippen MR) is 85.4 cm³/mol. The maximum absolute atomic E-state index is 11.7. The number of carbonyl (C=O) groups is 1. The fourth-order valence-electron chi connectivity index (χ4n) is 2.68. The van der Waals surface area contributed by atoms with Crippen molar-refractivity contribution in [3.05, 3.63) is 35.0 Å². The molecule has 1 aromatic heterocycles. The quantitative estimate of drug-likeness (QED) is 0.656. The minimum Gasteiger partial charge on any atom is -0.468 e. The number of hydrogen-bond acceptors (Lipinski definition) is 3. The number of nitrogens with zero attached hydrogens (tertiary/aromatic N) is 1. The number of methoxy groups -OCH3 is 1. The summed E-state index contributed by atoms with van der Waals surface area (Å²) < 4.78 is 6.86. The fourth-order valence-corrected chi connectivity index (χ4v) is 2.68. The van der Waals surface area contributed by atoms with Crippen LogP contribution in [0.3, 0.4) is 0 Å². The Morgan fingerprint density at radius 1 is 1.33 bits per heavy atom. The van der Waals surface area contributed by atoms with E-state index in [1.165, 1.54) is 23.6 Å². The molecule has 0 atom stereocenters. The second-order valence-corrected chi connectivity index (χ2v) is 5.42. The van der Waals surface area contributed by atoms with Gasteiger partial charge in [-0.15, -0.1) is 0 Å². The molecule has 2 rings (SSSR count). The van der Waals surface area contributed by atoms with Gasteiger partial charge in [-0.05, 0) is 44.5 Å². The molecule has 1 N–H and O–H groups in total. The number of hydrogen-bond donors (Lipinski definition) is 1. The molecule has 0 spiro atoms. The summed E-state index contributed by atoms with van der Waals surface area (Å²) in [5, 5.41) is 4.68. The lowest BCUT2D eigenvalue weighted by atomic mass is 10.1. The Hall–Kier alpha value is -1.81. The average Bonchev–Trinajstić information content (AvgIpc) is 2.72. The van der Waals surface area contributed by atoms with Crippen LogP contribution in [0.2, 0.25) is 0 Å². The Bertz CT molecular complexity index is 644. The van der Waals surface area contributed by atoms with Gasteiger partial charge in [0.25, 0.3) is 0 Å². The van der Waals surface area contributed by atoms with Crippen LogP contribution < -0.4 is 5.32 Å². The van der Waals surface area contributed by atoms with Gasteiger partial charge in [0.2, 0.25) is 0 Å². The fraction of sp³-hybridized carbons (Fsp3) is 0.471. The number of carbonyl (C=O) groups excluding carboxylic acids is 1. The Morgan fingerprint density at radius 2 is 2.10 bits per heavy atom. The van der Waals surface area contributed by atoms with Gasteiger partial charge < -0.3 is 14.6 Å². The van der Waals surface area contributed by atoms with E-state index in [9.17, 15) is 4.79 Å². The van der Waals surface area contributed by atoms with E-state index in [1.54, 1.807) is 0 Å². The van der Waals surface area contributed by atoms with Crippen LogP contribution in [-0.2, 0) is 22.6 Å². The van der Waals surface area contributed by atoms with Crippen molar-refractivity contribution in [1.29, 1.82) is 0 Å². The third-order valence-corrected chi connectivity index (χ3v) is 3.85. The van der Waals surface area contributed by atoms with Crippen LogP contribution >= 0.6 is 0 Å². The first-order valence-corrected chi connectivity index (χ1v) is 7.44. The largest absolute Gasteiger partial charge is 0.468 e. The molecule has 0 bridgehead atoms. The maximum Gasteiger partial charge on any atom is 0.325 e. The van der Waals surface area contributed by atoms with Gasteiger partial charge in [-0.2, -0.15) is 0 Å². The van der Waals surface area contributed by atoms with Crippen LogP contribution in [0.15, 0.2) is 18.2 Å². The minimum absolute atomic E-state index is 0.219. The molecule has 1 aromatic carbocycles. The molecule has 0 saturated carbocycles. The van der Waals surface area contributed by atoms with Crippen molar-refractivity contribution in [1.82, 2.24) is 9.88 Å². The van der Waals surface area contributed by atoms with E-state index >= 15 is 0 Å². The summed E-state index contributed by atoms with van der Waals surface area (Å²) in [5.41, 5.74) is 4.72. The smallest absolute Gasteiger partial charge is 0.325 e. The summed E-state index contributed by atoms with van der Waals surface area (Å²) in [7, 11) is 1.43. The Kier molecular flexibility index (Phi) is 5.02. The first-order chi connectivity index (χ1) is 10.1. The SMILES string of the molecule is CCCNCc1c(C)n(CC(=O)OC)c2ccc(C)cc12. The predicted octanol–water partition coefficient (Wildman–Crippen LogP) is 2.93. The second kappa shape index (κ2) is 6.76. The highest BCUT2D eigenvalue weighted by Crippen LogP contribution is 2.27. The van der Waals surface area contributed by atoms with E-state index in [0.717, 1.165) is 30.7 Å². The molecule has 1 heterocycles. The number of nitrogens with one attached hydrogen (secondary N) is 1. The molecule has 0 saturated heterocycles. The maximum atomic E-state index is 11.7. The Morgan fingerprint density at radius 3 is 2.76 bits per heavy atom. The number of aryl methyl sites for hydroxylation is 1. The molecule has 0 radical (unpaired) electrons. The monoisotopic (exact) mass is 288 g/mol. The highest BCUT2D eigenvalue weighted by atomic mass is 16.5. The lowest BCUT2D eigenvalue weighted by Gasteiger charge is -2.07. The van der Waals surface area contributed by atoms with Crippen molar-refractivity contribution in [3.8, 4) is 0 Å². The molecular formula is C17H24N2O2. The molecule has 0 amide bonds. The molecule has 0 fully saturated rings. The number of rotatable bonds is 6. The topological polar surface area (TPSA) is 43.3 Å². The summed E-state index contributed by atoms with van der Waals surface area (Å²) in [6.45, 7) is 8.40. The van der Waals surface area contributed by atoms with Gasteiger partial charge in [-0.25, -0.2) is 0 Å². The van der Waals surface area contributed by atoms with Gasteiger partial charge in [0.05, 0.1) is 7.11 Å². The first kappa shape index (κ1) is 15.6. The molecule has 114 valence electrons. The second-order valence-electron chi connectivity index (χ2n) is 5.42. The van der Waals surface area contributed by atoms with Crippen LogP contribution in [0.4, 0.5) is 0 Å². The summed E-state index contributed by atoms with van der Waals surface area (Å²) >= 11 is 0. The first-order valence-electron chi connectivity index (χ1n) is 7.44. The van der Waals surface area contributed by atoms with Crippen molar-refractivity contribution in [2.45, 2.75) is 40.3 Å². The van der Waals surface area contributed by atoms with E-state index in [2.05, 4.69) is 44.3 Å². The molecule has 0 aliphatic rings. The molecule has 4 nitrogen and oxygen atoms in total. The van der Waals surface area contributed by atoms with E-state index in [0.29, 0.717) is 0 Å². The van der Waals surface area contributed by atoms with Crippen LogP contribution in [0.25, 0.3) is 10.9 Å². The van der Waals surface area contributed by atoms with Gasteiger partial charge >= 0.3 is 5.97 Å². The molecule has 0 aliphatic heterocycles. The normalized spacial score (nSPS) is 11.0. The van der Waals surface area contributed by atoms with Crippen LogP contribution in [0, 0.1) is 13.8 Å². The van der Waals surface area contributed by atoms with Gasteiger partial charge in [-0.1, -0.05) is 18.6 Å². The van der Waals surface area contributed by atoms with E-state index in [1.807, 2.05) is 4.57 Å². The molecular weight excluding hydrogens is 264 g/mol. The van der Waals surface area contributed by atoms with Crippen molar-refractivity contribution < 1.29 is 9.53 Å². The Labute approximate surface area is 126 Å². The summed E-state index contributed by atoms with van der Waals surface area (Å²) in [5.74, 6) is -0.219. The van der Waals surface area contributed by atoms with Gasteiger partial charge in [0, 0.05) is 23.1 Å². The standard InChI is InChI=1S/C17H24N2O2/c1-5-8-18-10-15-13(3)19(11-17(20)21-4)16-7-6-12(2)9-14(15)16/h6-7,9,18H,5,8,10-11H2,1-4H3. The molecule has 21 heavy (non-hydrogen) atoms. The zero-order chi connectivity index (χ0) is 15.4. The van der Waals surface area contributed by atoms with Crippen LogP contribution in [-0.4, -0.2) is 24.2 Å². The third kappa shape index (κ3) is 3.27. The highest BCUT2D eigenvalue weighted by Gasteiger charge is 2.16. The third-order valence-electron chi connectivity index (χ3n) is 3.85. The summed E-state index contributed by atoms with van der Waals surface area (Å²) in [6.07, 6.45) is 1.11.